The lowest BCUT2D eigenvalue weighted by Gasteiger charge is -2.12. The summed E-state index contributed by atoms with van der Waals surface area (Å²) in [5.74, 6) is -0.204. The Morgan fingerprint density at radius 1 is 1.16 bits per heavy atom. The minimum Gasteiger partial charge on any atom is -0.381 e. The molecule has 0 fully saturated rings. The highest BCUT2D eigenvalue weighted by Gasteiger charge is 2.02. The molecule has 0 amide bonds. The molecule has 19 heavy (non-hydrogen) atoms. The maximum atomic E-state index is 13.0. The minimum absolute atomic E-state index is 0.204. The number of benzene rings is 2. The zero-order valence-corrected chi connectivity index (χ0v) is 11.3. The van der Waals surface area contributed by atoms with Crippen molar-refractivity contribution in [1.82, 2.24) is 0 Å². The Morgan fingerprint density at radius 3 is 2.63 bits per heavy atom. The van der Waals surface area contributed by atoms with Crippen LogP contribution in [0.4, 0.5) is 10.1 Å². The summed E-state index contributed by atoms with van der Waals surface area (Å²) < 4.78 is 13.0. The van der Waals surface area contributed by atoms with Crippen LogP contribution in [0, 0.1) is 19.7 Å². The van der Waals surface area contributed by atoms with Gasteiger partial charge in [0, 0.05) is 12.2 Å². The van der Waals surface area contributed by atoms with Crippen molar-refractivity contribution in [3.8, 4) is 0 Å². The zero-order valence-electron chi connectivity index (χ0n) is 11.3. The SMILES string of the molecule is C=Cc1cc(C)ccc1CNc1ccc(F)cc1C. The molecule has 0 heterocycles. The van der Waals surface area contributed by atoms with E-state index in [4.69, 9.17) is 0 Å². The summed E-state index contributed by atoms with van der Waals surface area (Å²) in [6.07, 6.45) is 1.86. The maximum absolute atomic E-state index is 13.0. The molecule has 98 valence electrons. The molecule has 0 saturated heterocycles. The quantitative estimate of drug-likeness (QED) is 0.835. The number of nitrogens with one attached hydrogen (secondary N) is 1. The number of anilines is 1. The van der Waals surface area contributed by atoms with Crippen LogP contribution in [-0.4, -0.2) is 0 Å². The maximum Gasteiger partial charge on any atom is 0.123 e. The summed E-state index contributed by atoms with van der Waals surface area (Å²) in [6.45, 7) is 8.50. The van der Waals surface area contributed by atoms with Crippen molar-refractivity contribution < 1.29 is 4.39 Å². The third kappa shape index (κ3) is 3.22. The molecule has 0 aliphatic carbocycles. The Bertz CT molecular complexity index is 602. The summed E-state index contributed by atoms with van der Waals surface area (Å²) >= 11 is 0. The first kappa shape index (κ1) is 13.3. The second kappa shape index (κ2) is 5.70. The minimum atomic E-state index is -0.204. The second-order valence-corrected chi connectivity index (χ2v) is 4.72. The van der Waals surface area contributed by atoms with Crippen molar-refractivity contribution in [2.24, 2.45) is 0 Å². The van der Waals surface area contributed by atoms with E-state index in [2.05, 4.69) is 37.0 Å². The van der Waals surface area contributed by atoms with E-state index < -0.39 is 0 Å². The molecular weight excluding hydrogens is 237 g/mol. The van der Waals surface area contributed by atoms with Gasteiger partial charge in [0.2, 0.25) is 0 Å². The van der Waals surface area contributed by atoms with Crippen LogP contribution in [-0.2, 0) is 6.54 Å². The molecule has 0 radical (unpaired) electrons. The number of hydrogen-bond acceptors (Lipinski definition) is 1. The molecule has 2 rings (SSSR count). The van der Waals surface area contributed by atoms with Gasteiger partial charge in [0.05, 0.1) is 0 Å². The Balaban J connectivity index is 2.16. The molecule has 2 aromatic carbocycles. The fourth-order valence-electron chi connectivity index (χ4n) is 2.08. The average Bonchev–Trinajstić information content (AvgIpc) is 2.39. The van der Waals surface area contributed by atoms with Crippen molar-refractivity contribution in [3.63, 3.8) is 0 Å². The monoisotopic (exact) mass is 255 g/mol. The van der Waals surface area contributed by atoms with Gasteiger partial charge in [0.15, 0.2) is 0 Å². The molecular formula is C17H18FN. The lowest BCUT2D eigenvalue weighted by Crippen LogP contribution is -2.03. The fourth-order valence-corrected chi connectivity index (χ4v) is 2.08. The van der Waals surface area contributed by atoms with Crippen LogP contribution in [0.2, 0.25) is 0 Å². The van der Waals surface area contributed by atoms with Gasteiger partial charge in [0.1, 0.15) is 5.82 Å². The molecule has 0 bridgehead atoms. The smallest absolute Gasteiger partial charge is 0.123 e. The van der Waals surface area contributed by atoms with Gasteiger partial charge in [0.25, 0.3) is 0 Å². The van der Waals surface area contributed by atoms with E-state index in [0.717, 1.165) is 16.8 Å². The predicted molar refractivity (Wildman–Crippen MR) is 79.7 cm³/mol. The van der Waals surface area contributed by atoms with Gasteiger partial charge in [-0.3, -0.25) is 0 Å². The van der Waals surface area contributed by atoms with Crippen molar-refractivity contribution >= 4 is 11.8 Å². The first-order valence-corrected chi connectivity index (χ1v) is 6.32. The number of hydrogen-bond donors (Lipinski definition) is 1. The molecule has 0 spiro atoms. The molecule has 2 aromatic rings. The van der Waals surface area contributed by atoms with Crippen LogP contribution in [0.15, 0.2) is 43.0 Å². The second-order valence-electron chi connectivity index (χ2n) is 4.72. The van der Waals surface area contributed by atoms with E-state index in [1.54, 1.807) is 6.07 Å². The molecule has 0 atom stereocenters. The molecule has 0 aliphatic rings. The molecule has 2 heteroatoms. The summed E-state index contributed by atoms with van der Waals surface area (Å²) in [6, 6.07) is 11.1. The highest BCUT2D eigenvalue weighted by Crippen LogP contribution is 2.19. The van der Waals surface area contributed by atoms with E-state index >= 15 is 0 Å². The largest absolute Gasteiger partial charge is 0.381 e. The average molecular weight is 255 g/mol. The highest BCUT2D eigenvalue weighted by atomic mass is 19.1. The lowest BCUT2D eigenvalue weighted by atomic mass is 10.0. The topological polar surface area (TPSA) is 12.0 Å². The van der Waals surface area contributed by atoms with Crippen molar-refractivity contribution in [3.05, 3.63) is 71.0 Å². The van der Waals surface area contributed by atoms with Crippen LogP contribution in [0.1, 0.15) is 22.3 Å². The van der Waals surface area contributed by atoms with Gasteiger partial charge >= 0.3 is 0 Å². The zero-order chi connectivity index (χ0) is 13.8. The molecule has 0 aromatic heterocycles. The third-order valence-electron chi connectivity index (χ3n) is 3.18. The van der Waals surface area contributed by atoms with E-state index in [1.807, 2.05) is 13.0 Å². The normalized spacial score (nSPS) is 10.3. The van der Waals surface area contributed by atoms with Gasteiger partial charge in [-0.05, 0) is 48.7 Å². The van der Waals surface area contributed by atoms with Crippen LogP contribution in [0.3, 0.4) is 0 Å². The van der Waals surface area contributed by atoms with Gasteiger partial charge in [-0.1, -0.05) is 36.4 Å². The first-order valence-electron chi connectivity index (χ1n) is 6.32. The van der Waals surface area contributed by atoms with Crippen molar-refractivity contribution in [2.45, 2.75) is 20.4 Å². The Hall–Kier alpha value is -2.09. The number of rotatable bonds is 4. The van der Waals surface area contributed by atoms with Crippen LogP contribution in [0.5, 0.6) is 0 Å². The standard InChI is InChI=1S/C17H18FN/c1-4-14-9-12(2)5-6-15(14)11-19-17-8-7-16(18)10-13(17)3/h4-10,19H,1,11H2,2-3H3. The van der Waals surface area contributed by atoms with Gasteiger partial charge < -0.3 is 5.32 Å². The summed E-state index contributed by atoms with van der Waals surface area (Å²) in [5.41, 5.74) is 5.40. The molecule has 0 saturated carbocycles. The molecule has 0 unspecified atom stereocenters. The lowest BCUT2D eigenvalue weighted by molar-refractivity contribution is 0.627. The summed E-state index contributed by atoms with van der Waals surface area (Å²) in [7, 11) is 0. The van der Waals surface area contributed by atoms with E-state index in [-0.39, 0.29) is 5.82 Å². The summed E-state index contributed by atoms with van der Waals surface area (Å²) in [5, 5.41) is 3.34. The van der Waals surface area contributed by atoms with Gasteiger partial charge in [-0.2, -0.15) is 0 Å². The Kier molecular flexibility index (Phi) is 4.00. The van der Waals surface area contributed by atoms with Crippen LogP contribution in [0.25, 0.3) is 6.08 Å². The van der Waals surface area contributed by atoms with Crippen LogP contribution >= 0.6 is 0 Å². The Labute approximate surface area is 113 Å². The molecule has 1 nitrogen and oxygen atoms in total. The fraction of sp³-hybridized carbons (Fsp3) is 0.176. The van der Waals surface area contributed by atoms with Crippen molar-refractivity contribution in [2.75, 3.05) is 5.32 Å². The Morgan fingerprint density at radius 2 is 1.95 bits per heavy atom. The third-order valence-corrected chi connectivity index (χ3v) is 3.18. The highest BCUT2D eigenvalue weighted by molar-refractivity contribution is 5.56. The van der Waals surface area contributed by atoms with Crippen molar-refractivity contribution in [1.29, 1.82) is 0 Å². The number of halogens is 1. The van der Waals surface area contributed by atoms with E-state index in [1.165, 1.54) is 23.3 Å². The van der Waals surface area contributed by atoms with Gasteiger partial charge in [-0.15, -0.1) is 0 Å². The number of aryl methyl sites for hydroxylation is 2. The van der Waals surface area contributed by atoms with E-state index in [0.29, 0.717) is 6.54 Å². The molecule has 0 aliphatic heterocycles. The van der Waals surface area contributed by atoms with Gasteiger partial charge in [-0.25, -0.2) is 4.39 Å². The predicted octanol–water partition coefficient (Wildman–Crippen LogP) is 4.70. The van der Waals surface area contributed by atoms with Crippen LogP contribution < -0.4 is 5.32 Å². The first-order chi connectivity index (χ1) is 9.10. The van der Waals surface area contributed by atoms with E-state index in [9.17, 15) is 4.39 Å². The summed E-state index contributed by atoms with van der Waals surface area (Å²) in [4.78, 5) is 0. The molecule has 1 N–H and O–H groups in total.